The van der Waals surface area contributed by atoms with Gasteiger partial charge in [0.15, 0.2) is 0 Å². The van der Waals surface area contributed by atoms with Gasteiger partial charge in [-0.1, -0.05) is 48.0 Å². The molecule has 0 atom stereocenters. The zero-order valence-electron chi connectivity index (χ0n) is 12.1. The number of hydrogen-bond acceptors (Lipinski definition) is 3. The van der Waals surface area contributed by atoms with Crippen LogP contribution >= 0.6 is 11.6 Å². The first-order valence-electron chi connectivity index (χ1n) is 6.97. The van der Waals surface area contributed by atoms with Crippen molar-refractivity contribution in [1.82, 2.24) is 5.32 Å². The molecule has 2 aromatic carbocycles. The molecule has 0 saturated carbocycles. The molecule has 4 heteroatoms. The van der Waals surface area contributed by atoms with Crippen LogP contribution < -0.4 is 10.1 Å². The Kier molecular flexibility index (Phi) is 6.54. The van der Waals surface area contributed by atoms with Gasteiger partial charge in [0.1, 0.15) is 12.4 Å². The molecule has 0 bridgehead atoms. The number of nitrogens with one attached hydrogen (secondary N) is 1. The predicted octanol–water partition coefficient (Wildman–Crippen LogP) is 3.66. The Bertz CT molecular complexity index is 560. The maximum absolute atomic E-state index is 6.07. The maximum atomic E-state index is 6.07. The molecule has 0 aromatic heterocycles. The molecule has 0 heterocycles. The van der Waals surface area contributed by atoms with Gasteiger partial charge in [0.25, 0.3) is 0 Å². The summed E-state index contributed by atoms with van der Waals surface area (Å²) in [5.41, 5.74) is 2.14. The first kappa shape index (κ1) is 15.8. The maximum Gasteiger partial charge on any atom is 0.123 e. The second-order valence-corrected chi connectivity index (χ2v) is 5.04. The highest BCUT2D eigenvalue weighted by Gasteiger charge is 2.02. The molecule has 2 aromatic rings. The van der Waals surface area contributed by atoms with E-state index in [0.29, 0.717) is 19.8 Å². The summed E-state index contributed by atoms with van der Waals surface area (Å²) in [4.78, 5) is 0. The van der Waals surface area contributed by atoms with Gasteiger partial charge in [0.2, 0.25) is 0 Å². The minimum absolute atomic E-state index is 0.501. The number of benzene rings is 2. The lowest BCUT2D eigenvalue weighted by Crippen LogP contribution is -2.10. The Morgan fingerprint density at radius 3 is 2.43 bits per heavy atom. The molecule has 0 saturated heterocycles. The second-order valence-electron chi connectivity index (χ2n) is 4.63. The van der Waals surface area contributed by atoms with E-state index in [4.69, 9.17) is 21.1 Å². The van der Waals surface area contributed by atoms with Crippen molar-refractivity contribution in [3.8, 4) is 5.75 Å². The van der Waals surface area contributed by atoms with Crippen molar-refractivity contribution in [1.29, 1.82) is 0 Å². The van der Waals surface area contributed by atoms with Crippen molar-refractivity contribution in [2.45, 2.75) is 13.2 Å². The molecule has 0 unspecified atom stereocenters. The van der Waals surface area contributed by atoms with E-state index in [1.807, 2.05) is 49.5 Å². The Morgan fingerprint density at radius 2 is 1.67 bits per heavy atom. The third kappa shape index (κ3) is 5.05. The highest BCUT2D eigenvalue weighted by molar-refractivity contribution is 6.31. The normalized spacial score (nSPS) is 10.6. The smallest absolute Gasteiger partial charge is 0.123 e. The van der Waals surface area contributed by atoms with Crippen LogP contribution in [0.15, 0.2) is 48.5 Å². The number of halogens is 1. The van der Waals surface area contributed by atoms with Crippen LogP contribution in [-0.2, 0) is 17.9 Å². The van der Waals surface area contributed by atoms with Gasteiger partial charge in [-0.15, -0.1) is 0 Å². The standard InChI is InChI=1S/C17H20ClNO2/c1-19-12-14-6-3-5-9-17(14)21-11-10-20-13-15-7-2-4-8-16(15)18/h2-9,19H,10-13H2,1H3. The molecule has 0 spiro atoms. The van der Waals surface area contributed by atoms with Crippen LogP contribution in [0.25, 0.3) is 0 Å². The van der Waals surface area contributed by atoms with E-state index >= 15 is 0 Å². The molecule has 1 N–H and O–H groups in total. The molecule has 0 fully saturated rings. The van der Waals surface area contributed by atoms with Crippen LogP contribution in [0.2, 0.25) is 5.02 Å². The number of para-hydroxylation sites is 1. The first-order valence-corrected chi connectivity index (χ1v) is 7.35. The molecule has 0 aliphatic heterocycles. The van der Waals surface area contributed by atoms with E-state index in [1.54, 1.807) is 0 Å². The molecular weight excluding hydrogens is 286 g/mol. The minimum Gasteiger partial charge on any atom is -0.491 e. The van der Waals surface area contributed by atoms with Gasteiger partial charge < -0.3 is 14.8 Å². The SMILES string of the molecule is CNCc1ccccc1OCCOCc1ccccc1Cl. The van der Waals surface area contributed by atoms with Gasteiger partial charge in [-0.05, 0) is 24.7 Å². The van der Waals surface area contributed by atoms with Crippen molar-refractivity contribution in [2.75, 3.05) is 20.3 Å². The summed E-state index contributed by atoms with van der Waals surface area (Å²) in [5, 5.41) is 3.86. The largest absolute Gasteiger partial charge is 0.491 e. The Balaban J connectivity index is 1.74. The topological polar surface area (TPSA) is 30.5 Å². The molecule has 2 rings (SSSR count). The van der Waals surface area contributed by atoms with Crippen LogP contribution in [0.3, 0.4) is 0 Å². The zero-order valence-corrected chi connectivity index (χ0v) is 12.9. The van der Waals surface area contributed by atoms with E-state index in [1.165, 1.54) is 0 Å². The van der Waals surface area contributed by atoms with E-state index < -0.39 is 0 Å². The van der Waals surface area contributed by atoms with E-state index in [-0.39, 0.29) is 0 Å². The fourth-order valence-electron chi connectivity index (χ4n) is 1.99. The first-order chi connectivity index (χ1) is 10.3. The van der Waals surface area contributed by atoms with Crippen LogP contribution in [0.1, 0.15) is 11.1 Å². The van der Waals surface area contributed by atoms with E-state index in [9.17, 15) is 0 Å². The zero-order chi connectivity index (χ0) is 14.9. The highest BCUT2D eigenvalue weighted by atomic mass is 35.5. The summed E-state index contributed by atoms with van der Waals surface area (Å²) in [6, 6.07) is 15.7. The number of ether oxygens (including phenoxy) is 2. The molecular formula is C17H20ClNO2. The van der Waals surface area contributed by atoms with Crippen LogP contribution in [0, 0.1) is 0 Å². The van der Waals surface area contributed by atoms with Gasteiger partial charge >= 0.3 is 0 Å². The lowest BCUT2D eigenvalue weighted by atomic mass is 10.2. The lowest BCUT2D eigenvalue weighted by molar-refractivity contribution is 0.0886. The molecule has 3 nitrogen and oxygen atoms in total. The van der Waals surface area contributed by atoms with Gasteiger partial charge in [0.05, 0.1) is 13.2 Å². The van der Waals surface area contributed by atoms with Gasteiger partial charge in [-0.3, -0.25) is 0 Å². The second kappa shape index (κ2) is 8.67. The molecule has 0 aliphatic rings. The van der Waals surface area contributed by atoms with E-state index in [0.717, 1.165) is 28.4 Å². The van der Waals surface area contributed by atoms with E-state index in [2.05, 4.69) is 11.4 Å². The number of rotatable bonds is 8. The molecule has 21 heavy (non-hydrogen) atoms. The summed E-state index contributed by atoms with van der Waals surface area (Å²) in [7, 11) is 1.92. The van der Waals surface area contributed by atoms with Crippen molar-refractivity contribution in [2.24, 2.45) is 0 Å². The van der Waals surface area contributed by atoms with Gasteiger partial charge in [0, 0.05) is 17.1 Å². The third-order valence-electron chi connectivity index (χ3n) is 3.04. The molecule has 0 aliphatic carbocycles. The minimum atomic E-state index is 0.501. The Labute approximate surface area is 130 Å². The highest BCUT2D eigenvalue weighted by Crippen LogP contribution is 2.18. The van der Waals surface area contributed by atoms with Crippen LogP contribution in [0.5, 0.6) is 5.75 Å². The summed E-state index contributed by atoms with van der Waals surface area (Å²) in [6.45, 7) is 2.34. The Morgan fingerprint density at radius 1 is 0.952 bits per heavy atom. The van der Waals surface area contributed by atoms with Crippen molar-refractivity contribution in [3.63, 3.8) is 0 Å². The van der Waals surface area contributed by atoms with Gasteiger partial charge in [-0.2, -0.15) is 0 Å². The van der Waals surface area contributed by atoms with Crippen LogP contribution in [0.4, 0.5) is 0 Å². The fourth-order valence-corrected chi connectivity index (χ4v) is 2.18. The Hall–Kier alpha value is -1.55. The molecule has 112 valence electrons. The van der Waals surface area contributed by atoms with Crippen LogP contribution in [-0.4, -0.2) is 20.3 Å². The quantitative estimate of drug-likeness (QED) is 0.755. The fraction of sp³-hybridized carbons (Fsp3) is 0.294. The molecule has 0 radical (unpaired) electrons. The third-order valence-corrected chi connectivity index (χ3v) is 3.41. The summed E-state index contributed by atoms with van der Waals surface area (Å²) in [5.74, 6) is 0.896. The average molecular weight is 306 g/mol. The summed E-state index contributed by atoms with van der Waals surface area (Å²) < 4.78 is 11.4. The van der Waals surface area contributed by atoms with Crippen molar-refractivity contribution < 1.29 is 9.47 Å². The average Bonchev–Trinajstić information content (AvgIpc) is 2.50. The summed E-state index contributed by atoms with van der Waals surface area (Å²) >= 11 is 6.07. The van der Waals surface area contributed by atoms with Crippen molar-refractivity contribution in [3.05, 3.63) is 64.7 Å². The predicted molar refractivity (Wildman–Crippen MR) is 85.8 cm³/mol. The molecule has 0 amide bonds. The van der Waals surface area contributed by atoms with Gasteiger partial charge in [-0.25, -0.2) is 0 Å². The monoisotopic (exact) mass is 305 g/mol. The number of hydrogen-bond donors (Lipinski definition) is 1. The summed E-state index contributed by atoms with van der Waals surface area (Å²) in [6.07, 6.45) is 0. The van der Waals surface area contributed by atoms with Crippen molar-refractivity contribution >= 4 is 11.6 Å². The lowest BCUT2D eigenvalue weighted by Gasteiger charge is -2.11.